The molecule has 2 amide bonds. The van der Waals surface area contributed by atoms with Gasteiger partial charge in [-0.2, -0.15) is 13.2 Å². The second-order valence-corrected chi connectivity index (χ2v) is 6.11. The predicted octanol–water partition coefficient (Wildman–Crippen LogP) is 4.54. The summed E-state index contributed by atoms with van der Waals surface area (Å²) in [6.07, 6.45) is -4.61. The summed E-state index contributed by atoms with van der Waals surface area (Å²) in [5.74, 6) is -1.34. The first kappa shape index (κ1) is 19.8. The maximum atomic E-state index is 13.0. The number of imide groups is 1. The minimum atomic E-state index is -4.61. The van der Waals surface area contributed by atoms with E-state index in [0.29, 0.717) is 22.9 Å². The summed E-state index contributed by atoms with van der Waals surface area (Å²) in [4.78, 5) is 25.8. The van der Waals surface area contributed by atoms with Crippen LogP contribution < -0.4 is 15.0 Å². The molecule has 1 N–H and O–H groups in total. The SMILES string of the molecule is CCOc1ccccc1NC1=C(Cl)C(=O)N(c2cccc(C(F)(F)F)c2)C1=O. The number of anilines is 2. The molecule has 0 unspecified atom stereocenters. The number of rotatable bonds is 5. The molecule has 1 aliphatic rings. The van der Waals surface area contributed by atoms with Crippen molar-refractivity contribution in [2.24, 2.45) is 0 Å². The Hall–Kier alpha value is -3.00. The average Bonchev–Trinajstić information content (AvgIpc) is 2.86. The van der Waals surface area contributed by atoms with Crippen LogP contribution in [0.3, 0.4) is 0 Å². The van der Waals surface area contributed by atoms with E-state index in [2.05, 4.69) is 5.32 Å². The average molecular weight is 411 g/mol. The van der Waals surface area contributed by atoms with Gasteiger partial charge in [-0.15, -0.1) is 0 Å². The Bertz CT molecular complexity index is 973. The van der Waals surface area contributed by atoms with Crippen LogP contribution in [0, 0.1) is 0 Å². The lowest BCUT2D eigenvalue weighted by atomic mass is 10.2. The molecule has 2 aromatic rings. The Labute approximate surface area is 163 Å². The molecular formula is C19H14ClF3N2O3. The van der Waals surface area contributed by atoms with Gasteiger partial charge in [-0.1, -0.05) is 29.8 Å². The van der Waals surface area contributed by atoms with Gasteiger partial charge in [-0.3, -0.25) is 9.59 Å². The molecule has 0 aromatic heterocycles. The Kier molecular flexibility index (Phi) is 5.33. The topological polar surface area (TPSA) is 58.6 Å². The number of ether oxygens (including phenoxy) is 1. The van der Waals surface area contributed by atoms with Crippen LogP contribution in [-0.4, -0.2) is 18.4 Å². The number of hydrogen-bond acceptors (Lipinski definition) is 4. The van der Waals surface area contributed by atoms with E-state index in [1.165, 1.54) is 6.07 Å². The van der Waals surface area contributed by atoms with Crippen molar-refractivity contribution < 1.29 is 27.5 Å². The standard InChI is InChI=1S/C19H14ClF3N2O3/c1-2-28-14-9-4-3-8-13(14)24-16-15(20)17(26)25(18(16)27)12-7-5-6-11(10-12)19(21,22)23/h3-10,24H,2H2,1H3. The van der Waals surface area contributed by atoms with E-state index in [1.54, 1.807) is 31.2 Å². The highest BCUT2D eigenvalue weighted by Crippen LogP contribution is 2.36. The van der Waals surface area contributed by atoms with E-state index in [4.69, 9.17) is 16.3 Å². The lowest BCUT2D eigenvalue weighted by Gasteiger charge is -2.17. The monoisotopic (exact) mass is 410 g/mol. The minimum absolute atomic E-state index is 0.224. The molecule has 0 atom stereocenters. The number of amides is 2. The Balaban J connectivity index is 1.93. The number of para-hydroxylation sites is 2. The minimum Gasteiger partial charge on any atom is -0.492 e. The van der Waals surface area contributed by atoms with Gasteiger partial charge >= 0.3 is 6.18 Å². The summed E-state index contributed by atoms with van der Waals surface area (Å²) in [6.45, 7) is 2.15. The van der Waals surface area contributed by atoms with Crippen LogP contribution >= 0.6 is 11.6 Å². The van der Waals surface area contributed by atoms with Crippen molar-refractivity contribution in [2.45, 2.75) is 13.1 Å². The summed E-state index contributed by atoms with van der Waals surface area (Å²) in [5.41, 5.74) is -1.05. The number of carbonyl (C=O) groups excluding carboxylic acids is 2. The van der Waals surface area contributed by atoms with Crippen LogP contribution in [0.5, 0.6) is 5.75 Å². The Morgan fingerprint density at radius 2 is 1.79 bits per heavy atom. The first-order valence-corrected chi connectivity index (χ1v) is 8.56. The maximum Gasteiger partial charge on any atom is 0.416 e. The van der Waals surface area contributed by atoms with E-state index in [1.807, 2.05) is 0 Å². The maximum absolute atomic E-state index is 13.0. The van der Waals surface area contributed by atoms with Gasteiger partial charge in [0.05, 0.1) is 23.5 Å². The van der Waals surface area contributed by atoms with Gasteiger partial charge in [-0.25, -0.2) is 4.90 Å². The summed E-state index contributed by atoms with van der Waals surface area (Å²) in [5, 5.41) is 2.33. The Morgan fingerprint density at radius 1 is 1.07 bits per heavy atom. The van der Waals surface area contributed by atoms with Crippen molar-refractivity contribution >= 4 is 34.8 Å². The summed E-state index contributed by atoms with van der Waals surface area (Å²) in [7, 11) is 0. The van der Waals surface area contributed by atoms with E-state index >= 15 is 0 Å². The Morgan fingerprint density at radius 3 is 2.46 bits per heavy atom. The van der Waals surface area contributed by atoms with Gasteiger partial charge in [0.25, 0.3) is 11.8 Å². The smallest absolute Gasteiger partial charge is 0.416 e. The number of nitrogens with one attached hydrogen (secondary N) is 1. The molecule has 146 valence electrons. The number of alkyl halides is 3. The fourth-order valence-corrected chi connectivity index (χ4v) is 2.87. The van der Waals surface area contributed by atoms with Crippen molar-refractivity contribution in [1.82, 2.24) is 0 Å². The third kappa shape index (κ3) is 3.68. The van der Waals surface area contributed by atoms with Gasteiger partial charge in [0.15, 0.2) is 0 Å². The van der Waals surface area contributed by atoms with E-state index in [9.17, 15) is 22.8 Å². The molecule has 1 aliphatic heterocycles. The summed E-state index contributed by atoms with van der Waals surface area (Å²) >= 11 is 6.02. The van der Waals surface area contributed by atoms with Crippen LogP contribution in [0.1, 0.15) is 12.5 Å². The van der Waals surface area contributed by atoms with Gasteiger partial charge in [0.1, 0.15) is 16.5 Å². The molecular weight excluding hydrogens is 397 g/mol. The molecule has 0 aliphatic carbocycles. The quantitative estimate of drug-likeness (QED) is 0.735. The lowest BCUT2D eigenvalue weighted by molar-refractivity contribution is -0.137. The zero-order valence-corrected chi connectivity index (χ0v) is 15.3. The zero-order valence-electron chi connectivity index (χ0n) is 14.5. The first-order chi connectivity index (χ1) is 13.2. The van der Waals surface area contributed by atoms with Crippen LogP contribution in [0.2, 0.25) is 0 Å². The number of carbonyl (C=O) groups is 2. The van der Waals surface area contributed by atoms with Crippen molar-refractivity contribution in [3.63, 3.8) is 0 Å². The molecule has 0 radical (unpaired) electrons. The van der Waals surface area contributed by atoms with Crippen LogP contribution in [-0.2, 0) is 15.8 Å². The van der Waals surface area contributed by atoms with Gasteiger partial charge < -0.3 is 10.1 Å². The second-order valence-electron chi connectivity index (χ2n) is 5.74. The third-order valence-electron chi connectivity index (χ3n) is 3.91. The highest BCUT2D eigenvalue weighted by Gasteiger charge is 2.40. The van der Waals surface area contributed by atoms with Crippen LogP contribution in [0.15, 0.2) is 59.3 Å². The molecule has 2 aromatic carbocycles. The summed E-state index contributed by atoms with van der Waals surface area (Å²) < 4.78 is 44.3. The highest BCUT2D eigenvalue weighted by atomic mass is 35.5. The molecule has 5 nitrogen and oxygen atoms in total. The van der Waals surface area contributed by atoms with Gasteiger partial charge in [-0.05, 0) is 37.3 Å². The highest BCUT2D eigenvalue weighted by molar-refractivity contribution is 6.53. The third-order valence-corrected chi connectivity index (χ3v) is 4.26. The van der Waals surface area contributed by atoms with Crippen molar-refractivity contribution in [3.05, 3.63) is 64.8 Å². The largest absolute Gasteiger partial charge is 0.492 e. The number of hydrogen-bond donors (Lipinski definition) is 1. The molecule has 0 spiro atoms. The van der Waals surface area contributed by atoms with Crippen molar-refractivity contribution in [2.75, 3.05) is 16.8 Å². The molecule has 0 saturated heterocycles. The van der Waals surface area contributed by atoms with Crippen molar-refractivity contribution in [1.29, 1.82) is 0 Å². The summed E-state index contributed by atoms with van der Waals surface area (Å²) in [6, 6.07) is 10.6. The lowest BCUT2D eigenvalue weighted by Crippen LogP contribution is -2.32. The fourth-order valence-electron chi connectivity index (χ4n) is 2.65. The molecule has 28 heavy (non-hydrogen) atoms. The van der Waals surface area contributed by atoms with Gasteiger partial charge in [0.2, 0.25) is 0 Å². The van der Waals surface area contributed by atoms with Crippen molar-refractivity contribution in [3.8, 4) is 5.75 Å². The number of halogens is 4. The van der Waals surface area contributed by atoms with Crippen LogP contribution in [0.25, 0.3) is 0 Å². The number of nitrogens with zero attached hydrogens (tertiary/aromatic N) is 1. The van der Waals surface area contributed by atoms with E-state index in [0.717, 1.165) is 18.2 Å². The fraction of sp³-hybridized carbons (Fsp3) is 0.158. The number of benzene rings is 2. The normalized spacial score (nSPS) is 14.7. The molecule has 9 heteroatoms. The molecule has 3 rings (SSSR count). The molecule has 0 fully saturated rings. The van der Waals surface area contributed by atoms with E-state index in [-0.39, 0.29) is 11.4 Å². The van der Waals surface area contributed by atoms with Crippen LogP contribution in [0.4, 0.5) is 24.5 Å². The first-order valence-electron chi connectivity index (χ1n) is 8.18. The van der Waals surface area contributed by atoms with E-state index < -0.39 is 28.6 Å². The second kappa shape index (κ2) is 7.55. The molecule has 1 heterocycles. The predicted molar refractivity (Wildman–Crippen MR) is 98.0 cm³/mol. The zero-order chi connectivity index (χ0) is 20.5. The van der Waals surface area contributed by atoms with Gasteiger partial charge in [0, 0.05) is 0 Å². The molecule has 0 saturated carbocycles. The molecule has 0 bridgehead atoms.